The molecule has 0 amide bonds. The number of hydrogen-bond donors (Lipinski definition) is 0. The van der Waals surface area contributed by atoms with E-state index in [1.807, 2.05) is 29.2 Å². The minimum Gasteiger partial charge on any atom is -0.466 e. The number of ether oxygens (including phenoxy) is 2. The van der Waals surface area contributed by atoms with Crippen molar-refractivity contribution >= 4 is 28.8 Å². The van der Waals surface area contributed by atoms with Crippen molar-refractivity contribution in [2.45, 2.75) is 32.6 Å². The Morgan fingerprint density at radius 2 is 1.90 bits per heavy atom. The monoisotopic (exact) mass is 396 g/mol. The highest BCUT2D eigenvalue weighted by Crippen LogP contribution is 2.31. The van der Waals surface area contributed by atoms with E-state index in [1.165, 1.54) is 0 Å². The Balaban J connectivity index is 2.04. The molecule has 2 atom stereocenters. The molecule has 0 saturated carbocycles. The van der Waals surface area contributed by atoms with Crippen molar-refractivity contribution in [2.75, 3.05) is 31.2 Å². The van der Waals surface area contributed by atoms with Crippen molar-refractivity contribution in [3.8, 4) is 6.07 Å². The third-order valence-corrected chi connectivity index (χ3v) is 4.84. The van der Waals surface area contributed by atoms with Gasteiger partial charge in [-0.05, 0) is 38.8 Å². The minimum atomic E-state index is -1.19. The first kappa shape index (κ1) is 20.5. The molecule has 1 aromatic carbocycles. The molecule has 0 unspecified atom stereocenters. The van der Waals surface area contributed by atoms with E-state index in [-0.39, 0.29) is 24.2 Å². The van der Waals surface area contributed by atoms with Gasteiger partial charge in [0, 0.05) is 13.1 Å². The smallest absolute Gasteiger partial charge is 0.329 e. The fraction of sp³-hybridized carbons (Fsp3) is 0.476. The van der Waals surface area contributed by atoms with Crippen LogP contribution >= 0.6 is 0 Å². The topological polar surface area (TPSA) is 105 Å². The first-order valence-corrected chi connectivity index (χ1v) is 9.83. The molecule has 0 bridgehead atoms. The standard InChI is InChI=1S/C21H24N4O4/c1-3-28-20(26)14-8-7-11-25(13-14)19-18(15(12-22)21(27)29-4-2)23-16-9-5-6-10-17(16)24-19/h5-6,9-10,14-15H,3-4,7-8,11,13H2,1-2H3/t14-,15+/m0/s1. The zero-order valence-electron chi connectivity index (χ0n) is 16.6. The highest BCUT2D eigenvalue weighted by Gasteiger charge is 2.33. The number of hydrogen-bond acceptors (Lipinski definition) is 8. The Labute approximate surface area is 169 Å². The fourth-order valence-corrected chi connectivity index (χ4v) is 3.50. The lowest BCUT2D eigenvalue weighted by Crippen LogP contribution is -2.40. The lowest BCUT2D eigenvalue weighted by Gasteiger charge is -2.33. The van der Waals surface area contributed by atoms with Crippen molar-refractivity contribution in [3.05, 3.63) is 30.0 Å². The molecule has 1 aliphatic rings. The summed E-state index contributed by atoms with van der Waals surface area (Å²) in [5, 5.41) is 9.67. The first-order chi connectivity index (χ1) is 14.1. The van der Waals surface area contributed by atoms with Gasteiger partial charge in [-0.1, -0.05) is 12.1 Å². The van der Waals surface area contributed by atoms with E-state index in [9.17, 15) is 14.9 Å². The third kappa shape index (κ3) is 4.45. The van der Waals surface area contributed by atoms with E-state index >= 15 is 0 Å². The highest BCUT2D eigenvalue weighted by atomic mass is 16.5. The molecule has 0 N–H and O–H groups in total. The predicted octanol–water partition coefficient (Wildman–Crippen LogP) is 2.58. The zero-order valence-corrected chi connectivity index (χ0v) is 16.6. The summed E-state index contributed by atoms with van der Waals surface area (Å²) in [6.07, 6.45) is 1.50. The number of piperidine rings is 1. The van der Waals surface area contributed by atoms with Gasteiger partial charge in [-0.2, -0.15) is 5.26 Å². The average Bonchev–Trinajstić information content (AvgIpc) is 2.74. The molecule has 1 saturated heterocycles. The number of aromatic nitrogens is 2. The number of nitriles is 1. The average molecular weight is 396 g/mol. The van der Waals surface area contributed by atoms with Crippen LogP contribution in [0.2, 0.25) is 0 Å². The number of para-hydroxylation sites is 2. The molecule has 2 heterocycles. The van der Waals surface area contributed by atoms with Gasteiger partial charge in [0.1, 0.15) is 5.69 Å². The van der Waals surface area contributed by atoms with Crippen LogP contribution in [0.5, 0.6) is 0 Å². The van der Waals surface area contributed by atoms with Crippen LogP contribution in [0.1, 0.15) is 38.3 Å². The van der Waals surface area contributed by atoms with Gasteiger partial charge in [-0.3, -0.25) is 9.59 Å². The van der Waals surface area contributed by atoms with Gasteiger partial charge in [0.25, 0.3) is 0 Å². The van der Waals surface area contributed by atoms with Crippen LogP contribution in [-0.2, 0) is 19.1 Å². The Hall–Kier alpha value is -3.21. The van der Waals surface area contributed by atoms with Crippen molar-refractivity contribution in [2.24, 2.45) is 5.92 Å². The van der Waals surface area contributed by atoms with Crippen LogP contribution in [0.4, 0.5) is 5.82 Å². The molecule has 8 heteroatoms. The molecule has 0 radical (unpaired) electrons. The highest BCUT2D eigenvalue weighted by molar-refractivity contribution is 5.85. The lowest BCUT2D eigenvalue weighted by molar-refractivity contribution is -0.148. The molecule has 1 aliphatic heterocycles. The summed E-state index contributed by atoms with van der Waals surface area (Å²) in [4.78, 5) is 35.9. The van der Waals surface area contributed by atoms with E-state index in [0.29, 0.717) is 36.5 Å². The Morgan fingerprint density at radius 3 is 2.55 bits per heavy atom. The minimum absolute atomic E-state index is 0.169. The normalized spacial score (nSPS) is 17.4. The molecule has 1 fully saturated rings. The van der Waals surface area contributed by atoms with Gasteiger partial charge in [-0.25, -0.2) is 9.97 Å². The number of nitrogens with zero attached hydrogens (tertiary/aromatic N) is 4. The molecule has 2 aromatic rings. The summed E-state index contributed by atoms with van der Waals surface area (Å²) in [6, 6.07) is 9.29. The van der Waals surface area contributed by atoms with E-state index in [2.05, 4.69) is 4.98 Å². The molecule has 8 nitrogen and oxygen atoms in total. The Kier molecular flexibility index (Phi) is 6.60. The number of rotatable bonds is 6. The van der Waals surface area contributed by atoms with Gasteiger partial charge in [0.2, 0.25) is 0 Å². The Bertz CT molecular complexity index is 940. The number of benzene rings is 1. The second-order valence-corrected chi connectivity index (χ2v) is 6.77. The summed E-state index contributed by atoms with van der Waals surface area (Å²) in [7, 11) is 0. The third-order valence-electron chi connectivity index (χ3n) is 4.84. The van der Waals surface area contributed by atoms with Crippen molar-refractivity contribution < 1.29 is 19.1 Å². The number of fused-ring (bicyclic) bond motifs is 1. The van der Waals surface area contributed by atoms with Gasteiger partial charge in [0.15, 0.2) is 11.7 Å². The zero-order chi connectivity index (χ0) is 20.8. The lowest BCUT2D eigenvalue weighted by atomic mass is 9.97. The number of esters is 2. The van der Waals surface area contributed by atoms with Crippen LogP contribution in [0, 0.1) is 17.2 Å². The fourth-order valence-electron chi connectivity index (χ4n) is 3.50. The molecular formula is C21H24N4O4. The Morgan fingerprint density at radius 1 is 1.21 bits per heavy atom. The summed E-state index contributed by atoms with van der Waals surface area (Å²) < 4.78 is 10.2. The van der Waals surface area contributed by atoms with E-state index < -0.39 is 11.9 Å². The number of carbonyl (C=O) groups excluding carboxylic acids is 2. The van der Waals surface area contributed by atoms with Crippen LogP contribution < -0.4 is 4.90 Å². The molecule has 29 heavy (non-hydrogen) atoms. The molecule has 0 spiro atoms. The molecule has 1 aromatic heterocycles. The molecular weight excluding hydrogens is 372 g/mol. The summed E-state index contributed by atoms with van der Waals surface area (Å²) in [5.74, 6) is -1.93. The summed E-state index contributed by atoms with van der Waals surface area (Å²) in [5.41, 5.74) is 1.51. The van der Waals surface area contributed by atoms with Crippen LogP contribution in [0.3, 0.4) is 0 Å². The van der Waals surface area contributed by atoms with Crippen molar-refractivity contribution in [1.82, 2.24) is 9.97 Å². The maximum atomic E-state index is 12.4. The van der Waals surface area contributed by atoms with E-state index in [4.69, 9.17) is 14.5 Å². The largest absolute Gasteiger partial charge is 0.466 e. The maximum Gasteiger partial charge on any atom is 0.329 e. The quantitative estimate of drug-likeness (QED) is 0.686. The van der Waals surface area contributed by atoms with Gasteiger partial charge >= 0.3 is 11.9 Å². The molecule has 152 valence electrons. The molecule has 0 aliphatic carbocycles. The van der Waals surface area contributed by atoms with Crippen LogP contribution in [0.25, 0.3) is 11.0 Å². The number of anilines is 1. The molecule has 3 rings (SSSR count). The predicted molar refractivity (Wildman–Crippen MR) is 106 cm³/mol. The SMILES string of the molecule is CCOC(=O)[C@H]1CCCN(c2nc3ccccc3nc2[C@@H](C#N)C(=O)OCC)C1. The van der Waals surface area contributed by atoms with E-state index in [1.54, 1.807) is 19.9 Å². The van der Waals surface area contributed by atoms with Crippen molar-refractivity contribution in [3.63, 3.8) is 0 Å². The second-order valence-electron chi connectivity index (χ2n) is 6.77. The summed E-state index contributed by atoms with van der Waals surface area (Å²) in [6.45, 7) is 5.02. The summed E-state index contributed by atoms with van der Waals surface area (Å²) >= 11 is 0. The second kappa shape index (κ2) is 9.32. The van der Waals surface area contributed by atoms with Gasteiger partial charge < -0.3 is 14.4 Å². The van der Waals surface area contributed by atoms with Gasteiger partial charge in [-0.15, -0.1) is 0 Å². The number of carbonyl (C=O) groups is 2. The first-order valence-electron chi connectivity index (χ1n) is 9.83. The van der Waals surface area contributed by atoms with Crippen LogP contribution in [0.15, 0.2) is 24.3 Å². The van der Waals surface area contributed by atoms with E-state index in [0.717, 1.165) is 12.8 Å². The van der Waals surface area contributed by atoms with Crippen molar-refractivity contribution in [1.29, 1.82) is 5.26 Å². The van der Waals surface area contributed by atoms with Crippen LogP contribution in [-0.4, -0.2) is 48.2 Å². The van der Waals surface area contributed by atoms with Gasteiger partial charge in [0.05, 0.1) is 36.2 Å². The maximum absolute atomic E-state index is 12.4.